The first kappa shape index (κ1) is 20.3. The van der Waals surface area contributed by atoms with Crippen molar-refractivity contribution < 1.29 is 9.53 Å². The molecule has 152 valence electrons. The highest BCUT2D eigenvalue weighted by Crippen LogP contribution is 2.30. The van der Waals surface area contributed by atoms with E-state index in [1.807, 2.05) is 48.5 Å². The van der Waals surface area contributed by atoms with E-state index in [-0.39, 0.29) is 12.2 Å². The molecule has 1 aliphatic heterocycles. The normalized spacial score (nSPS) is 16.2. The second-order valence-corrected chi connectivity index (χ2v) is 8.21. The van der Waals surface area contributed by atoms with Gasteiger partial charge in [-0.1, -0.05) is 65.4 Å². The molecule has 3 aromatic rings. The third kappa shape index (κ3) is 3.76. The topological polar surface area (TPSA) is 60.7 Å². The van der Waals surface area contributed by atoms with Crippen molar-refractivity contribution in [3.63, 3.8) is 0 Å². The summed E-state index contributed by atoms with van der Waals surface area (Å²) in [5.41, 5.74) is 2.43. The second-order valence-electron chi connectivity index (χ2n) is 6.76. The average molecular weight is 439 g/mol. The predicted molar refractivity (Wildman–Crippen MR) is 118 cm³/mol. The van der Waals surface area contributed by atoms with Gasteiger partial charge in [-0.3, -0.25) is 9.36 Å². The lowest BCUT2D eigenvalue weighted by atomic mass is 9.96. The summed E-state index contributed by atoms with van der Waals surface area (Å²) >= 11 is 7.26. The van der Waals surface area contributed by atoms with Crippen LogP contribution in [-0.4, -0.2) is 17.1 Å². The van der Waals surface area contributed by atoms with Crippen molar-refractivity contribution in [1.82, 2.24) is 4.57 Å². The van der Waals surface area contributed by atoms with E-state index in [0.717, 1.165) is 11.1 Å². The standard InChI is InChI=1S/C23H19ClN2O3S/c1-3-29-22(28)19-14(2)25-23-26(20(19)16-7-5-4-6-8-16)21(27)18(30-23)13-15-9-11-17(24)12-10-15/h4-13,20H,3H2,1-2H3/b18-13+/t20-/m1/s1. The van der Waals surface area contributed by atoms with Gasteiger partial charge in [-0.2, -0.15) is 0 Å². The fourth-order valence-corrected chi connectivity index (χ4v) is 4.63. The van der Waals surface area contributed by atoms with Crippen molar-refractivity contribution in [3.8, 4) is 0 Å². The van der Waals surface area contributed by atoms with Crippen molar-refractivity contribution in [2.75, 3.05) is 6.61 Å². The van der Waals surface area contributed by atoms with Crippen LogP contribution < -0.4 is 14.9 Å². The Morgan fingerprint density at radius 2 is 1.90 bits per heavy atom. The minimum Gasteiger partial charge on any atom is -0.463 e. The number of nitrogens with zero attached hydrogens (tertiary/aromatic N) is 2. The Hall–Kier alpha value is -2.96. The Kier molecular flexibility index (Phi) is 5.70. The van der Waals surface area contributed by atoms with E-state index in [2.05, 4.69) is 4.99 Å². The Morgan fingerprint density at radius 3 is 2.57 bits per heavy atom. The number of ether oxygens (including phenoxy) is 1. The zero-order valence-electron chi connectivity index (χ0n) is 16.5. The highest BCUT2D eigenvalue weighted by atomic mass is 35.5. The number of thiazole rings is 1. The minimum atomic E-state index is -0.589. The number of aromatic nitrogens is 1. The highest BCUT2D eigenvalue weighted by Gasteiger charge is 2.33. The Morgan fingerprint density at radius 1 is 1.20 bits per heavy atom. The van der Waals surface area contributed by atoms with Crippen LogP contribution in [0.3, 0.4) is 0 Å². The zero-order chi connectivity index (χ0) is 21.3. The van der Waals surface area contributed by atoms with Gasteiger partial charge in [-0.05, 0) is 43.2 Å². The molecule has 7 heteroatoms. The average Bonchev–Trinajstić information content (AvgIpc) is 3.04. The summed E-state index contributed by atoms with van der Waals surface area (Å²) in [7, 11) is 0. The van der Waals surface area contributed by atoms with Crippen LogP contribution in [0.4, 0.5) is 0 Å². The molecule has 0 spiro atoms. The van der Waals surface area contributed by atoms with Crippen LogP contribution in [0, 0.1) is 0 Å². The first-order valence-corrected chi connectivity index (χ1v) is 10.7. The molecule has 0 radical (unpaired) electrons. The molecule has 0 amide bonds. The lowest BCUT2D eigenvalue weighted by Crippen LogP contribution is -2.39. The number of halogens is 1. The lowest BCUT2D eigenvalue weighted by molar-refractivity contribution is -0.139. The maximum atomic E-state index is 13.4. The molecule has 4 rings (SSSR count). The Bertz CT molecular complexity index is 1310. The summed E-state index contributed by atoms with van der Waals surface area (Å²) in [6.45, 7) is 3.78. The van der Waals surface area contributed by atoms with Gasteiger partial charge in [0, 0.05) is 5.02 Å². The monoisotopic (exact) mass is 438 g/mol. The first-order valence-electron chi connectivity index (χ1n) is 9.49. The molecule has 0 N–H and O–H groups in total. The molecule has 0 fully saturated rings. The molecule has 1 aromatic heterocycles. The molecule has 0 aliphatic carbocycles. The van der Waals surface area contributed by atoms with Gasteiger partial charge in [0.25, 0.3) is 5.56 Å². The SMILES string of the molecule is CCOC(=O)C1=C(C)N=c2s/c(=C/c3ccc(Cl)cc3)c(=O)n2[C@@H]1c1ccccc1. The van der Waals surface area contributed by atoms with Crippen molar-refractivity contribution in [2.24, 2.45) is 4.99 Å². The number of esters is 1. The number of rotatable bonds is 4. The van der Waals surface area contributed by atoms with Crippen molar-refractivity contribution >= 4 is 35.0 Å². The molecule has 1 aliphatic rings. The number of fused-ring (bicyclic) bond motifs is 1. The van der Waals surface area contributed by atoms with Crippen LogP contribution >= 0.6 is 22.9 Å². The van der Waals surface area contributed by atoms with Gasteiger partial charge in [0.05, 0.1) is 28.5 Å². The summed E-state index contributed by atoms with van der Waals surface area (Å²) in [6, 6.07) is 16.1. The zero-order valence-corrected chi connectivity index (χ0v) is 18.0. The summed E-state index contributed by atoms with van der Waals surface area (Å²) in [5, 5.41) is 0.632. The van der Waals surface area contributed by atoms with Crippen molar-refractivity contribution in [2.45, 2.75) is 19.9 Å². The van der Waals surface area contributed by atoms with E-state index in [1.165, 1.54) is 11.3 Å². The molecule has 2 heterocycles. The van der Waals surface area contributed by atoms with E-state index in [9.17, 15) is 9.59 Å². The van der Waals surface area contributed by atoms with Crippen LogP contribution in [0.1, 0.15) is 31.0 Å². The van der Waals surface area contributed by atoms with E-state index < -0.39 is 12.0 Å². The van der Waals surface area contributed by atoms with Gasteiger partial charge in [0.2, 0.25) is 0 Å². The second kappa shape index (κ2) is 8.42. The maximum Gasteiger partial charge on any atom is 0.338 e. The van der Waals surface area contributed by atoms with E-state index >= 15 is 0 Å². The smallest absolute Gasteiger partial charge is 0.338 e. The van der Waals surface area contributed by atoms with E-state index in [4.69, 9.17) is 16.3 Å². The molecular formula is C23H19ClN2O3S. The maximum absolute atomic E-state index is 13.4. The van der Waals surface area contributed by atoms with E-state index in [1.54, 1.807) is 30.5 Å². The molecule has 30 heavy (non-hydrogen) atoms. The van der Waals surface area contributed by atoms with Gasteiger partial charge in [0.15, 0.2) is 4.80 Å². The molecule has 0 unspecified atom stereocenters. The number of hydrogen-bond acceptors (Lipinski definition) is 5. The molecule has 2 aromatic carbocycles. The van der Waals surface area contributed by atoms with Crippen LogP contribution in [0.5, 0.6) is 0 Å². The van der Waals surface area contributed by atoms with Crippen molar-refractivity contribution in [3.05, 3.63) is 102 Å². The highest BCUT2D eigenvalue weighted by molar-refractivity contribution is 7.07. The van der Waals surface area contributed by atoms with Gasteiger partial charge >= 0.3 is 5.97 Å². The predicted octanol–water partition coefficient (Wildman–Crippen LogP) is 3.45. The lowest BCUT2D eigenvalue weighted by Gasteiger charge is -2.24. The van der Waals surface area contributed by atoms with Gasteiger partial charge in [-0.15, -0.1) is 0 Å². The number of carbonyl (C=O) groups is 1. The summed E-state index contributed by atoms with van der Waals surface area (Å²) in [5.74, 6) is -0.459. The Balaban J connectivity index is 1.94. The summed E-state index contributed by atoms with van der Waals surface area (Å²) in [6.07, 6.45) is 1.81. The fourth-order valence-electron chi connectivity index (χ4n) is 3.45. The molecule has 0 bridgehead atoms. The molecule has 0 saturated carbocycles. The summed E-state index contributed by atoms with van der Waals surface area (Å²) in [4.78, 5) is 31.3. The molecular weight excluding hydrogens is 420 g/mol. The number of carbonyl (C=O) groups excluding carboxylic acids is 1. The molecule has 1 atom stereocenters. The minimum absolute atomic E-state index is 0.197. The van der Waals surface area contributed by atoms with Gasteiger partial charge < -0.3 is 4.74 Å². The number of hydrogen-bond donors (Lipinski definition) is 0. The number of benzene rings is 2. The van der Waals surface area contributed by atoms with Crippen LogP contribution in [0.25, 0.3) is 6.08 Å². The van der Waals surface area contributed by atoms with Crippen molar-refractivity contribution in [1.29, 1.82) is 0 Å². The van der Waals surface area contributed by atoms with E-state index in [0.29, 0.717) is 25.6 Å². The quantitative estimate of drug-likeness (QED) is 0.586. The third-order valence-corrected chi connectivity index (χ3v) is 6.04. The van der Waals surface area contributed by atoms with Gasteiger partial charge in [-0.25, -0.2) is 9.79 Å². The summed E-state index contributed by atoms with van der Waals surface area (Å²) < 4.78 is 7.40. The number of allylic oxidation sites excluding steroid dienone is 1. The molecule has 5 nitrogen and oxygen atoms in total. The Labute approximate surface area is 182 Å². The first-order chi connectivity index (χ1) is 14.5. The van der Waals surface area contributed by atoms with Crippen LogP contribution in [0.2, 0.25) is 5.02 Å². The molecule has 0 saturated heterocycles. The fraction of sp³-hybridized carbons (Fsp3) is 0.174. The van der Waals surface area contributed by atoms with Crippen LogP contribution in [-0.2, 0) is 9.53 Å². The van der Waals surface area contributed by atoms with Crippen LogP contribution in [0.15, 0.2) is 75.7 Å². The van der Waals surface area contributed by atoms with Gasteiger partial charge in [0.1, 0.15) is 0 Å². The third-order valence-electron chi connectivity index (χ3n) is 4.80. The largest absolute Gasteiger partial charge is 0.463 e.